The molecule has 3 saturated heterocycles. The first-order valence-corrected chi connectivity index (χ1v) is 9.29. The van der Waals surface area contributed by atoms with Crippen molar-refractivity contribution in [2.24, 2.45) is 17.8 Å². The second kappa shape index (κ2) is 6.80. The molecule has 0 aromatic heterocycles. The van der Waals surface area contributed by atoms with E-state index in [9.17, 15) is 19.5 Å². The van der Waals surface area contributed by atoms with E-state index < -0.39 is 29.8 Å². The van der Waals surface area contributed by atoms with Crippen molar-refractivity contribution >= 4 is 17.5 Å². The van der Waals surface area contributed by atoms with Crippen LogP contribution in [0.4, 0.5) is 0 Å². The van der Waals surface area contributed by atoms with E-state index in [1.54, 1.807) is 6.92 Å². The minimum atomic E-state index is -0.883. The molecule has 6 nitrogen and oxygen atoms in total. The maximum Gasteiger partial charge on any atom is 0.312 e. The lowest BCUT2D eigenvalue weighted by Crippen LogP contribution is -2.36. The summed E-state index contributed by atoms with van der Waals surface area (Å²) >= 11 is 0. The molecule has 1 N–H and O–H groups in total. The molecule has 3 rings (SSSR count). The van der Waals surface area contributed by atoms with Gasteiger partial charge >= 0.3 is 5.97 Å². The van der Waals surface area contributed by atoms with Crippen LogP contribution in [0.3, 0.4) is 0 Å². The van der Waals surface area contributed by atoms with Crippen molar-refractivity contribution in [1.29, 1.82) is 0 Å². The Kier molecular flexibility index (Phi) is 5.04. The quantitative estimate of drug-likeness (QED) is 0.724. The Morgan fingerprint density at radius 1 is 1.16 bits per heavy atom. The zero-order chi connectivity index (χ0) is 18.4. The number of carbonyl (C=O) groups excluding carboxylic acids is 3. The monoisotopic (exact) mass is 352 g/mol. The van der Waals surface area contributed by atoms with Crippen LogP contribution in [0.15, 0.2) is 0 Å². The predicted octanol–water partition coefficient (Wildman–Crippen LogP) is 1.81. The first kappa shape index (κ1) is 18.5. The number of aliphatic hydroxyl groups is 1. The van der Waals surface area contributed by atoms with Crippen molar-refractivity contribution < 1.29 is 29.0 Å². The SMILES string of the molecule is CC(C)[C@H]1CCC2C(=O)O[C@H](C[C@@]3(C)CC(=O)[C@@H](CC(=O)C1)O3)[C@@H]2O. The number of fused-ring (bicyclic) bond motifs is 4. The zero-order valence-corrected chi connectivity index (χ0v) is 15.2. The average Bonchev–Trinajstić information content (AvgIpc) is 2.91. The van der Waals surface area contributed by atoms with Gasteiger partial charge in [-0.15, -0.1) is 0 Å². The largest absolute Gasteiger partial charge is 0.459 e. The molecule has 0 radical (unpaired) electrons. The van der Waals surface area contributed by atoms with Crippen LogP contribution in [0.25, 0.3) is 0 Å². The number of hydrogen-bond donors (Lipinski definition) is 1. The summed E-state index contributed by atoms with van der Waals surface area (Å²) in [5, 5.41) is 10.6. The topological polar surface area (TPSA) is 89.9 Å². The molecule has 3 heterocycles. The van der Waals surface area contributed by atoms with Crippen molar-refractivity contribution in [3.05, 3.63) is 0 Å². The molecular weight excluding hydrogens is 324 g/mol. The van der Waals surface area contributed by atoms with Crippen molar-refractivity contribution in [2.75, 3.05) is 0 Å². The first-order chi connectivity index (χ1) is 11.7. The zero-order valence-electron chi connectivity index (χ0n) is 15.2. The number of ether oxygens (including phenoxy) is 2. The van der Waals surface area contributed by atoms with Gasteiger partial charge in [0, 0.05) is 25.7 Å². The molecule has 1 unspecified atom stereocenters. The Labute approximate surface area is 148 Å². The summed E-state index contributed by atoms with van der Waals surface area (Å²) in [6.45, 7) is 5.90. The summed E-state index contributed by atoms with van der Waals surface area (Å²) in [4.78, 5) is 36.9. The molecule has 3 fully saturated rings. The van der Waals surface area contributed by atoms with Gasteiger partial charge in [0.1, 0.15) is 24.1 Å². The van der Waals surface area contributed by atoms with E-state index in [1.807, 2.05) is 0 Å². The summed E-state index contributed by atoms with van der Waals surface area (Å²) in [7, 11) is 0. The van der Waals surface area contributed by atoms with Crippen LogP contribution in [0.5, 0.6) is 0 Å². The molecule has 25 heavy (non-hydrogen) atoms. The summed E-state index contributed by atoms with van der Waals surface area (Å²) in [6.07, 6.45) is -0.0807. The van der Waals surface area contributed by atoms with Crippen LogP contribution in [0.2, 0.25) is 0 Å². The van der Waals surface area contributed by atoms with Gasteiger partial charge in [-0.1, -0.05) is 13.8 Å². The maximum absolute atomic E-state index is 12.5. The van der Waals surface area contributed by atoms with Crippen molar-refractivity contribution in [3.63, 3.8) is 0 Å². The minimum Gasteiger partial charge on any atom is -0.459 e. The molecule has 0 aromatic rings. The standard InChI is InChI=1S/C19H28O6/c1-10(2)11-4-5-13-17(22)16(24-18(13)23)9-19(3)8-14(21)15(25-19)7-12(20)6-11/h10-11,13,15-17,22H,4-9H2,1-3H3/t11-,13?,15+,16+,17+,19+/m0/s1. The van der Waals surface area contributed by atoms with Gasteiger partial charge in [0.15, 0.2) is 5.78 Å². The Hall–Kier alpha value is -1.27. The number of esters is 1. The normalized spacial score (nSPS) is 42.8. The fourth-order valence-corrected chi connectivity index (χ4v) is 4.44. The van der Waals surface area contributed by atoms with Crippen molar-refractivity contribution in [2.45, 2.75) is 83.2 Å². The fourth-order valence-electron chi connectivity index (χ4n) is 4.44. The van der Waals surface area contributed by atoms with E-state index in [4.69, 9.17) is 9.47 Å². The highest BCUT2D eigenvalue weighted by Gasteiger charge is 2.51. The molecule has 4 bridgehead atoms. The maximum atomic E-state index is 12.5. The van der Waals surface area contributed by atoms with Crippen molar-refractivity contribution in [1.82, 2.24) is 0 Å². The number of aliphatic hydroxyl groups excluding tert-OH is 1. The van der Waals surface area contributed by atoms with Crippen molar-refractivity contribution in [3.8, 4) is 0 Å². The number of hydrogen-bond acceptors (Lipinski definition) is 6. The highest BCUT2D eigenvalue weighted by molar-refractivity contribution is 5.91. The summed E-state index contributed by atoms with van der Waals surface area (Å²) in [6, 6.07) is 0. The second-order valence-corrected chi connectivity index (χ2v) is 8.50. The van der Waals surface area contributed by atoms with Gasteiger partial charge in [0.25, 0.3) is 0 Å². The molecule has 6 atom stereocenters. The molecule has 0 amide bonds. The average molecular weight is 352 g/mol. The predicted molar refractivity (Wildman–Crippen MR) is 88.7 cm³/mol. The van der Waals surface area contributed by atoms with Crippen LogP contribution in [-0.2, 0) is 23.9 Å². The molecule has 6 heteroatoms. The lowest BCUT2D eigenvalue weighted by atomic mass is 9.81. The molecule has 3 aliphatic heterocycles. The van der Waals surface area contributed by atoms with Gasteiger partial charge in [-0.25, -0.2) is 0 Å². The lowest BCUT2D eigenvalue weighted by Gasteiger charge is -2.27. The Morgan fingerprint density at radius 2 is 1.88 bits per heavy atom. The van der Waals surface area contributed by atoms with Crippen LogP contribution >= 0.6 is 0 Å². The molecule has 140 valence electrons. The van der Waals surface area contributed by atoms with Crippen LogP contribution in [-0.4, -0.2) is 46.6 Å². The van der Waals surface area contributed by atoms with Gasteiger partial charge in [-0.05, 0) is 31.6 Å². The summed E-state index contributed by atoms with van der Waals surface area (Å²) in [5.41, 5.74) is -0.797. The third-order valence-corrected chi connectivity index (χ3v) is 6.02. The molecule has 0 aromatic carbocycles. The van der Waals surface area contributed by atoms with E-state index in [0.717, 1.165) is 0 Å². The number of ketones is 2. The number of rotatable bonds is 1. The van der Waals surface area contributed by atoms with E-state index in [-0.39, 0.29) is 48.6 Å². The van der Waals surface area contributed by atoms with Gasteiger partial charge in [0.05, 0.1) is 11.5 Å². The lowest BCUT2D eigenvalue weighted by molar-refractivity contribution is -0.147. The minimum absolute atomic E-state index is 0.0360. The molecule has 0 saturated carbocycles. The van der Waals surface area contributed by atoms with Gasteiger partial charge in [-0.2, -0.15) is 0 Å². The van der Waals surface area contributed by atoms with E-state index >= 15 is 0 Å². The second-order valence-electron chi connectivity index (χ2n) is 8.50. The Balaban J connectivity index is 1.86. The molecular formula is C19H28O6. The molecule has 0 aliphatic carbocycles. The third-order valence-electron chi connectivity index (χ3n) is 6.02. The Bertz CT molecular complexity index is 570. The van der Waals surface area contributed by atoms with E-state index in [0.29, 0.717) is 19.3 Å². The summed E-state index contributed by atoms with van der Waals surface area (Å²) < 4.78 is 11.3. The number of carbonyl (C=O) groups is 3. The van der Waals surface area contributed by atoms with E-state index in [2.05, 4.69) is 13.8 Å². The highest BCUT2D eigenvalue weighted by Crippen LogP contribution is 2.39. The number of Topliss-reactive ketones (excluding diaryl/α,β-unsaturated/α-hetero) is 2. The van der Waals surface area contributed by atoms with E-state index in [1.165, 1.54) is 0 Å². The summed E-state index contributed by atoms with van der Waals surface area (Å²) in [5.74, 6) is -0.579. The van der Waals surface area contributed by atoms with Crippen LogP contribution < -0.4 is 0 Å². The molecule has 3 aliphatic rings. The first-order valence-electron chi connectivity index (χ1n) is 9.29. The Morgan fingerprint density at radius 3 is 2.56 bits per heavy atom. The van der Waals surface area contributed by atoms with Crippen LogP contribution in [0.1, 0.15) is 59.3 Å². The van der Waals surface area contributed by atoms with Gasteiger partial charge < -0.3 is 14.6 Å². The van der Waals surface area contributed by atoms with Gasteiger partial charge in [0.2, 0.25) is 0 Å². The van der Waals surface area contributed by atoms with Crippen LogP contribution in [0, 0.1) is 17.8 Å². The highest BCUT2D eigenvalue weighted by atomic mass is 16.6. The van der Waals surface area contributed by atoms with Gasteiger partial charge in [-0.3, -0.25) is 14.4 Å². The third kappa shape index (κ3) is 3.80. The fraction of sp³-hybridized carbons (Fsp3) is 0.842. The smallest absolute Gasteiger partial charge is 0.312 e. The molecule has 0 spiro atoms.